The number of rotatable bonds is 2. The fourth-order valence-electron chi connectivity index (χ4n) is 2.02. The lowest BCUT2D eigenvalue weighted by Gasteiger charge is -2.04. The van der Waals surface area contributed by atoms with E-state index < -0.39 is 0 Å². The molecule has 2 aromatic rings. The summed E-state index contributed by atoms with van der Waals surface area (Å²) in [7, 11) is 1.87. The Bertz CT molecular complexity index is 602. The molecule has 1 heterocycles. The Hall–Kier alpha value is -2.08. The van der Waals surface area contributed by atoms with E-state index in [4.69, 9.17) is 5.26 Å². The predicted octanol–water partition coefficient (Wildman–Crippen LogP) is 2.10. The van der Waals surface area contributed by atoms with E-state index in [0.29, 0.717) is 12.1 Å². The molecule has 0 amide bonds. The first kappa shape index (κ1) is 10.4. The van der Waals surface area contributed by atoms with Crippen LogP contribution < -0.4 is 0 Å². The van der Waals surface area contributed by atoms with Crippen molar-refractivity contribution >= 4 is 17.2 Å². The number of nitrogens with zero attached hydrogens (tertiary/aromatic N) is 2. The summed E-state index contributed by atoms with van der Waals surface area (Å²) >= 11 is 0. The maximum absolute atomic E-state index is 10.5. The largest absolute Gasteiger partial charge is 0.335 e. The molecule has 0 aliphatic rings. The Balaban J connectivity index is 2.76. The fourth-order valence-corrected chi connectivity index (χ4v) is 2.02. The standard InChI is InChI=1S/C13H12N2O/c1-9-10(5-6-16)3-4-13-12(9)7-11(8-14)15(13)2/h3-4,6-7H,5H2,1-2H3. The summed E-state index contributed by atoms with van der Waals surface area (Å²) in [5, 5.41) is 10.0. The Morgan fingerprint density at radius 3 is 2.88 bits per heavy atom. The molecule has 0 radical (unpaired) electrons. The van der Waals surface area contributed by atoms with Gasteiger partial charge < -0.3 is 9.36 Å². The summed E-state index contributed by atoms with van der Waals surface area (Å²) in [6.07, 6.45) is 1.33. The van der Waals surface area contributed by atoms with Crippen molar-refractivity contribution < 1.29 is 4.79 Å². The van der Waals surface area contributed by atoms with Crippen LogP contribution in [0.4, 0.5) is 0 Å². The number of hydrogen-bond donors (Lipinski definition) is 0. The number of aldehydes is 1. The Kier molecular flexibility index (Phi) is 2.49. The maximum Gasteiger partial charge on any atom is 0.124 e. The first-order chi connectivity index (χ1) is 7.69. The maximum atomic E-state index is 10.5. The molecule has 0 fully saturated rings. The molecule has 16 heavy (non-hydrogen) atoms. The van der Waals surface area contributed by atoms with Gasteiger partial charge in [0, 0.05) is 24.4 Å². The van der Waals surface area contributed by atoms with Crippen LogP contribution in [0.1, 0.15) is 16.8 Å². The van der Waals surface area contributed by atoms with Crippen molar-refractivity contribution in [2.24, 2.45) is 7.05 Å². The monoisotopic (exact) mass is 212 g/mol. The number of hydrogen-bond acceptors (Lipinski definition) is 2. The summed E-state index contributed by atoms with van der Waals surface area (Å²) in [6, 6.07) is 7.94. The molecular formula is C13H12N2O. The highest BCUT2D eigenvalue weighted by Crippen LogP contribution is 2.24. The molecule has 0 aliphatic heterocycles. The van der Waals surface area contributed by atoms with Gasteiger partial charge in [0.15, 0.2) is 0 Å². The zero-order valence-electron chi connectivity index (χ0n) is 9.32. The van der Waals surface area contributed by atoms with Crippen LogP contribution in [0.5, 0.6) is 0 Å². The molecule has 0 saturated carbocycles. The molecule has 0 spiro atoms. The summed E-state index contributed by atoms with van der Waals surface area (Å²) < 4.78 is 1.87. The second-order valence-corrected chi connectivity index (χ2v) is 3.85. The summed E-state index contributed by atoms with van der Waals surface area (Å²) in [5.41, 5.74) is 3.78. The smallest absolute Gasteiger partial charge is 0.124 e. The summed E-state index contributed by atoms with van der Waals surface area (Å²) in [5.74, 6) is 0. The van der Waals surface area contributed by atoms with E-state index in [-0.39, 0.29) is 0 Å². The molecule has 0 saturated heterocycles. The lowest BCUT2D eigenvalue weighted by molar-refractivity contribution is -0.107. The first-order valence-corrected chi connectivity index (χ1v) is 5.10. The Morgan fingerprint density at radius 2 is 2.25 bits per heavy atom. The quantitative estimate of drug-likeness (QED) is 0.715. The van der Waals surface area contributed by atoms with Crippen LogP contribution in [-0.2, 0) is 18.3 Å². The average Bonchev–Trinajstić information content (AvgIpc) is 2.61. The van der Waals surface area contributed by atoms with Crippen molar-refractivity contribution in [1.82, 2.24) is 4.57 Å². The van der Waals surface area contributed by atoms with E-state index in [1.807, 2.05) is 36.7 Å². The second kappa shape index (κ2) is 3.82. The van der Waals surface area contributed by atoms with Crippen LogP contribution in [0.3, 0.4) is 0 Å². The highest BCUT2D eigenvalue weighted by atomic mass is 16.1. The minimum absolute atomic E-state index is 0.429. The van der Waals surface area contributed by atoms with Crippen molar-refractivity contribution in [3.05, 3.63) is 35.0 Å². The SMILES string of the molecule is Cc1c(CC=O)ccc2c1cc(C#N)n2C. The van der Waals surface area contributed by atoms with Gasteiger partial charge in [0.1, 0.15) is 18.0 Å². The third-order valence-corrected chi connectivity index (χ3v) is 3.03. The third-order valence-electron chi connectivity index (χ3n) is 3.03. The van der Waals surface area contributed by atoms with Crippen LogP contribution in [0.2, 0.25) is 0 Å². The normalized spacial score (nSPS) is 10.3. The fraction of sp³-hybridized carbons (Fsp3) is 0.231. The van der Waals surface area contributed by atoms with Gasteiger partial charge in [-0.25, -0.2) is 0 Å². The number of aromatic nitrogens is 1. The number of fused-ring (bicyclic) bond motifs is 1. The van der Waals surface area contributed by atoms with E-state index >= 15 is 0 Å². The number of nitriles is 1. The van der Waals surface area contributed by atoms with Crippen LogP contribution >= 0.6 is 0 Å². The van der Waals surface area contributed by atoms with E-state index in [1.165, 1.54) is 0 Å². The van der Waals surface area contributed by atoms with Gasteiger partial charge in [0.2, 0.25) is 0 Å². The lowest BCUT2D eigenvalue weighted by atomic mass is 10.0. The van der Waals surface area contributed by atoms with Crippen molar-refractivity contribution in [3.63, 3.8) is 0 Å². The van der Waals surface area contributed by atoms with E-state index in [9.17, 15) is 4.79 Å². The van der Waals surface area contributed by atoms with E-state index in [2.05, 4.69) is 6.07 Å². The van der Waals surface area contributed by atoms with Crippen molar-refractivity contribution in [3.8, 4) is 6.07 Å². The highest BCUT2D eigenvalue weighted by Gasteiger charge is 2.09. The average molecular weight is 212 g/mol. The zero-order chi connectivity index (χ0) is 11.7. The summed E-state index contributed by atoms with van der Waals surface area (Å²) in [6.45, 7) is 1.99. The minimum atomic E-state index is 0.429. The van der Waals surface area contributed by atoms with Gasteiger partial charge in [0.25, 0.3) is 0 Å². The van der Waals surface area contributed by atoms with Crippen LogP contribution in [-0.4, -0.2) is 10.9 Å². The van der Waals surface area contributed by atoms with Crippen LogP contribution in [0, 0.1) is 18.3 Å². The molecule has 0 unspecified atom stereocenters. The Morgan fingerprint density at radius 1 is 1.50 bits per heavy atom. The number of aryl methyl sites for hydroxylation is 2. The predicted molar refractivity (Wildman–Crippen MR) is 62.1 cm³/mol. The van der Waals surface area contributed by atoms with Crippen LogP contribution in [0.15, 0.2) is 18.2 Å². The molecule has 0 atom stereocenters. The molecular weight excluding hydrogens is 200 g/mol. The highest BCUT2D eigenvalue weighted by molar-refractivity contribution is 5.87. The Labute approximate surface area is 93.9 Å². The molecule has 80 valence electrons. The van der Waals surface area contributed by atoms with Crippen LogP contribution in [0.25, 0.3) is 10.9 Å². The number of carbonyl (C=O) groups excluding carboxylic acids is 1. The number of benzene rings is 1. The first-order valence-electron chi connectivity index (χ1n) is 5.10. The molecule has 1 aromatic heterocycles. The van der Waals surface area contributed by atoms with Gasteiger partial charge in [-0.3, -0.25) is 0 Å². The molecule has 3 heteroatoms. The zero-order valence-corrected chi connectivity index (χ0v) is 9.32. The lowest BCUT2D eigenvalue weighted by Crippen LogP contribution is -1.93. The third kappa shape index (κ3) is 1.40. The summed E-state index contributed by atoms with van der Waals surface area (Å²) in [4.78, 5) is 10.5. The van der Waals surface area contributed by atoms with Crippen molar-refractivity contribution in [2.45, 2.75) is 13.3 Å². The van der Waals surface area contributed by atoms with Gasteiger partial charge in [-0.2, -0.15) is 5.26 Å². The molecule has 0 N–H and O–H groups in total. The van der Waals surface area contributed by atoms with Gasteiger partial charge in [-0.15, -0.1) is 0 Å². The van der Waals surface area contributed by atoms with Gasteiger partial charge in [-0.1, -0.05) is 6.07 Å². The molecule has 3 nitrogen and oxygen atoms in total. The molecule has 2 rings (SSSR count). The van der Waals surface area contributed by atoms with E-state index in [0.717, 1.165) is 28.3 Å². The van der Waals surface area contributed by atoms with Gasteiger partial charge in [-0.05, 0) is 30.2 Å². The molecule has 0 bridgehead atoms. The minimum Gasteiger partial charge on any atom is -0.335 e. The molecule has 1 aromatic carbocycles. The van der Waals surface area contributed by atoms with Gasteiger partial charge in [0.05, 0.1) is 0 Å². The number of carbonyl (C=O) groups is 1. The molecule has 0 aliphatic carbocycles. The van der Waals surface area contributed by atoms with Crippen molar-refractivity contribution in [1.29, 1.82) is 5.26 Å². The van der Waals surface area contributed by atoms with Crippen molar-refractivity contribution in [2.75, 3.05) is 0 Å². The topological polar surface area (TPSA) is 45.8 Å². The van der Waals surface area contributed by atoms with Gasteiger partial charge >= 0.3 is 0 Å². The second-order valence-electron chi connectivity index (χ2n) is 3.85. The van der Waals surface area contributed by atoms with E-state index in [1.54, 1.807) is 0 Å².